The molecule has 1 aromatic heterocycles. The number of alkyl halides is 3. The van der Waals surface area contributed by atoms with Crippen molar-refractivity contribution in [2.75, 3.05) is 0 Å². The van der Waals surface area contributed by atoms with Crippen molar-refractivity contribution in [3.05, 3.63) is 65.7 Å². The number of imidazole rings is 1. The lowest BCUT2D eigenvalue weighted by molar-refractivity contribution is -0.147. The van der Waals surface area contributed by atoms with Gasteiger partial charge in [-0.3, -0.25) is 4.79 Å². The van der Waals surface area contributed by atoms with Gasteiger partial charge < -0.3 is 19.9 Å². The fourth-order valence-corrected chi connectivity index (χ4v) is 3.78. The molecular formula is C24H24F4N2O4. The predicted octanol–water partition coefficient (Wildman–Crippen LogP) is 4.66. The Bertz CT molecular complexity index is 1140. The molecule has 0 aliphatic heterocycles. The summed E-state index contributed by atoms with van der Waals surface area (Å²) in [7, 11) is 0. The van der Waals surface area contributed by atoms with Crippen LogP contribution in [0.5, 0.6) is 0 Å². The molecule has 0 radical (unpaired) electrons. The molecule has 3 N–H and O–H groups in total. The summed E-state index contributed by atoms with van der Waals surface area (Å²) in [4.78, 5) is 14.6. The third-order valence-corrected chi connectivity index (χ3v) is 5.27. The van der Waals surface area contributed by atoms with Crippen LogP contribution in [0.25, 0.3) is 22.5 Å². The van der Waals surface area contributed by atoms with Gasteiger partial charge in [-0.15, -0.1) is 0 Å². The Hall–Kier alpha value is -3.24. The summed E-state index contributed by atoms with van der Waals surface area (Å²) in [6.45, 7) is 1.48. The molecule has 0 saturated heterocycles. The molecular weight excluding hydrogens is 456 g/mol. The molecule has 0 bridgehead atoms. The number of rotatable bonds is 9. The number of benzene rings is 2. The summed E-state index contributed by atoms with van der Waals surface area (Å²) in [5, 5.41) is 28.7. The van der Waals surface area contributed by atoms with Crippen molar-refractivity contribution in [2.45, 2.75) is 51.1 Å². The van der Waals surface area contributed by atoms with Crippen LogP contribution in [-0.2, 0) is 17.5 Å². The number of carboxylic acid groups (broad SMARTS) is 1. The van der Waals surface area contributed by atoms with E-state index in [2.05, 4.69) is 4.98 Å². The van der Waals surface area contributed by atoms with E-state index in [9.17, 15) is 32.6 Å². The zero-order valence-electron chi connectivity index (χ0n) is 18.3. The van der Waals surface area contributed by atoms with Crippen LogP contribution in [-0.4, -0.2) is 43.0 Å². The van der Waals surface area contributed by atoms with Gasteiger partial charge in [0.25, 0.3) is 0 Å². The van der Waals surface area contributed by atoms with Crippen LogP contribution >= 0.6 is 0 Å². The lowest BCUT2D eigenvalue weighted by Crippen LogP contribution is -2.23. The van der Waals surface area contributed by atoms with Crippen molar-refractivity contribution in [1.82, 2.24) is 9.55 Å². The monoisotopic (exact) mass is 480 g/mol. The molecule has 0 saturated carbocycles. The minimum absolute atomic E-state index is 0.0584. The average Bonchev–Trinajstić information content (AvgIpc) is 3.12. The van der Waals surface area contributed by atoms with Gasteiger partial charge in [-0.1, -0.05) is 23.8 Å². The summed E-state index contributed by atoms with van der Waals surface area (Å²) in [6, 6.07) is 11.8. The van der Waals surface area contributed by atoms with Crippen LogP contribution in [0.4, 0.5) is 17.6 Å². The molecule has 6 nitrogen and oxygen atoms in total. The highest BCUT2D eigenvalue weighted by Crippen LogP contribution is 2.39. The molecule has 3 aromatic rings. The number of hydrogen-bond donors (Lipinski definition) is 3. The Labute approximate surface area is 193 Å². The van der Waals surface area contributed by atoms with E-state index in [0.717, 1.165) is 22.3 Å². The molecule has 2 atom stereocenters. The number of aryl methyl sites for hydroxylation is 1. The van der Waals surface area contributed by atoms with Crippen molar-refractivity contribution in [2.24, 2.45) is 0 Å². The topological polar surface area (TPSA) is 95.6 Å². The highest BCUT2D eigenvalue weighted by Gasteiger charge is 2.39. The Morgan fingerprint density at radius 1 is 1.06 bits per heavy atom. The van der Waals surface area contributed by atoms with E-state index in [-0.39, 0.29) is 30.8 Å². The SMILES string of the molecule is Cc1cccc(-c2nc(C(F)(F)F)n(CC[C@@H](O)C[C@@H](O)CC(=O)O)c2-c2ccc(F)cc2)c1. The van der Waals surface area contributed by atoms with Gasteiger partial charge in [0.1, 0.15) is 5.82 Å². The van der Waals surface area contributed by atoms with Crippen molar-refractivity contribution >= 4 is 5.97 Å². The number of nitrogens with zero attached hydrogens (tertiary/aromatic N) is 2. The zero-order chi connectivity index (χ0) is 25.0. The van der Waals surface area contributed by atoms with Crippen LogP contribution in [0, 0.1) is 12.7 Å². The van der Waals surface area contributed by atoms with Gasteiger partial charge >= 0.3 is 12.1 Å². The first-order valence-electron chi connectivity index (χ1n) is 10.5. The first kappa shape index (κ1) is 25.4. The third-order valence-electron chi connectivity index (χ3n) is 5.27. The minimum atomic E-state index is -4.81. The molecule has 2 aromatic carbocycles. The summed E-state index contributed by atoms with van der Waals surface area (Å²) in [5.74, 6) is -2.98. The standard InChI is InChI=1S/C24H24F4N2O4/c1-14-3-2-4-16(11-14)21-22(15-5-7-17(25)8-6-15)30(23(29-21)24(26,27)28)10-9-18(31)12-19(32)13-20(33)34/h2-8,11,18-19,31-32H,9-10,12-13H2,1H3,(H,33,34)/t18-,19-/m1/s1. The van der Waals surface area contributed by atoms with Crippen molar-refractivity contribution in [1.29, 1.82) is 0 Å². The number of halogens is 4. The Kier molecular flexibility index (Phi) is 7.73. The highest BCUT2D eigenvalue weighted by atomic mass is 19.4. The second kappa shape index (κ2) is 10.4. The smallest absolute Gasteiger partial charge is 0.449 e. The summed E-state index contributed by atoms with van der Waals surface area (Å²) in [6.07, 6.45) is -8.49. The quantitative estimate of drug-likeness (QED) is 0.387. The lowest BCUT2D eigenvalue weighted by Gasteiger charge is -2.18. The average molecular weight is 480 g/mol. The molecule has 0 fully saturated rings. The molecule has 34 heavy (non-hydrogen) atoms. The molecule has 1 heterocycles. The summed E-state index contributed by atoms with van der Waals surface area (Å²) < 4.78 is 56.4. The van der Waals surface area contributed by atoms with Crippen LogP contribution < -0.4 is 0 Å². The minimum Gasteiger partial charge on any atom is -0.481 e. The maximum Gasteiger partial charge on any atom is 0.449 e. The number of aliphatic hydroxyl groups is 2. The molecule has 3 rings (SSSR count). The maximum atomic E-state index is 14.0. The number of aliphatic hydroxyl groups excluding tert-OH is 2. The van der Waals surface area contributed by atoms with Gasteiger partial charge in [0.2, 0.25) is 5.82 Å². The van der Waals surface area contributed by atoms with E-state index in [4.69, 9.17) is 5.11 Å². The number of carboxylic acids is 1. The lowest BCUT2D eigenvalue weighted by atomic mass is 10.0. The number of hydrogen-bond acceptors (Lipinski definition) is 4. The van der Waals surface area contributed by atoms with Gasteiger partial charge in [-0.25, -0.2) is 9.37 Å². The fraction of sp³-hybridized carbons (Fsp3) is 0.333. The van der Waals surface area contributed by atoms with E-state index < -0.39 is 42.4 Å². The van der Waals surface area contributed by atoms with Gasteiger partial charge in [-0.2, -0.15) is 13.2 Å². The Morgan fingerprint density at radius 3 is 2.32 bits per heavy atom. The summed E-state index contributed by atoms with van der Waals surface area (Å²) >= 11 is 0. The van der Waals surface area contributed by atoms with Crippen LogP contribution in [0.3, 0.4) is 0 Å². The normalized spacial score (nSPS) is 13.6. The van der Waals surface area contributed by atoms with Gasteiger partial charge in [0, 0.05) is 17.7 Å². The van der Waals surface area contributed by atoms with E-state index in [1.807, 2.05) is 0 Å². The largest absolute Gasteiger partial charge is 0.481 e. The van der Waals surface area contributed by atoms with E-state index in [1.54, 1.807) is 31.2 Å². The molecule has 182 valence electrons. The van der Waals surface area contributed by atoms with Crippen molar-refractivity contribution < 1.29 is 37.7 Å². The molecule has 0 aliphatic rings. The fourth-order valence-electron chi connectivity index (χ4n) is 3.78. The first-order valence-corrected chi connectivity index (χ1v) is 10.5. The molecule has 0 unspecified atom stereocenters. The second-order valence-corrected chi connectivity index (χ2v) is 8.09. The van der Waals surface area contributed by atoms with Crippen LogP contribution in [0.2, 0.25) is 0 Å². The third kappa shape index (κ3) is 6.21. The highest BCUT2D eigenvalue weighted by molar-refractivity contribution is 5.79. The number of aliphatic carboxylic acids is 1. The summed E-state index contributed by atoms with van der Waals surface area (Å²) in [5.41, 5.74) is 1.73. The van der Waals surface area contributed by atoms with Crippen molar-refractivity contribution in [3.8, 4) is 22.5 Å². The predicted molar refractivity (Wildman–Crippen MR) is 116 cm³/mol. The zero-order valence-corrected chi connectivity index (χ0v) is 18.3. The first-order chi connectivity index (χ1) is 16.0. The van der Waals surface area contributed by atoms with E-state index >= 15 is 0 Å². The van der Waals surface area contributed by atoms with Crippen LogP contribution in [0.1, 0.15) is 30.7 Å². The second-order valence-electron chi connectivity index (χ2n) is 8.09. The van der Waals surface area contributed by atoms with E-state index in [1.165, 1.54) is 12.1 Å². The molecule has 0 amide bonds. The Balaban J connectivity index is 2.07. The Morgan fingerprint density at radius 2 is 1.74 bits per heavy atom. The number of carbonyl (C=O) groups is 1. The van der Waals surface area contributed by atoms with Gasteiger partial charge in [0.15, 0.2) is 0 Å². The van der Waals surface area contributed by atoms with Crippen molar-refractivity contribution in [3.63, 3.8) is 0 Å². The molecule has 0 spiro atoms. The molecule has 10 heteroatoms. The maximum absolute atomic E-state index is 14.0. The van der Waals surface area contributed by atoms with Crippen LogP contribution in [0.15, 0.2) is 48.5 Å². The van der Waals surface area contributed by atoms with Gasteiger partial charge in [-0.05, 0) is 50.1 Å². The number of aromatic nitrogens is 2. The molecule has 0 aliphatic carbocycles. The van der Waals surface area contributed by atoms with E-state index in [0.29, 0.717) is 11.1 Å². The van der Waals surface area contributed by atoms with Gasteiger partial charge in [0.05, 0.1) is 30.0 Å².